The Balaban J connectivity index is 4.53. The molecule has 0 aromatic heterocycles. The predicted octanol–water partition coefficient (Wildman–Crippen LogP) is 0.764. The lowest BCUT2D eigenvalue weighted by Gasteiger charge is -2.26. The van der Waals surface area contributed by atoms with Crippen LogP contribution in [0.25, 0.3) is 0 Å². The first kappa shape index (κ1) is 17.4. The fourth-order valence-corrected chi connectivity index (χ4v) is 1.61. The Morgan fingerprint density at radius 3 is 1.84 bits per heavy atom. The fraction of sp³-hybridized carbons (Fsp3) is 0.769. The van der Waals surface area contributed by atoms with E-state index in [0.717, 1.165) is 0 Å². The maximum atomic E-state index is 11.8. The molecule has 0 aromatic rings. The number of carboxylic acids is 1. The second-order valence-electron chi connectivity index (χ2n) is 6.65. The molecule has 0 aliphatic carbocycles. The van der Waals surface area contributed by atoms with Crippen molar-refractivity contribution in [2.45, 2.75) is 47.1 Å². The Kier molecular flexibility index (Phi) is 5.53. The smallest absolute Gasteiger partial charge is 0.316 e. The molecular weight excluding hydrogens is 248 g/mol. The van der Waals surface area contributed by atoms with Crippen LogP contribution in [0.15, 0.2) is 0 Å². The Morgan fingerprint density at radius 2 is 1.53 bits per heavy atom. The Bertz CT molecular complexity index is 364. The third-order valence-electron chi connectivity index (χ3n) is 2.31. The van der Waals surface area contributed by atoms with Gasteiger partial charge in [0.15, 0.2) is 0 Å². The van der Waals surface area contributed by atoms with Crippen molar-refractivity contribution in [3.63, 3.8) is 0 Å². The first-order chi connectivity index (χ1) is 8.34. The molecule has 2 amide bonds. The van der Waals surface area contributed by atoms with E-state index < -0.39 is 28.7 Å². The van der Waals surface area contributed by atoms with E-state index in [4.69, 9.17) is 5.11 Å². The minimum Gasteiger partial charge on any atom is -0.481 e. The molecule has 110 valence electrons. The van der Waals surface area contributed by atoms with Gasteiger partial charge in [-0.2, -0.15) is 0 Å². The van der Waals surface area contributed by atoms with Gasteiger partial charge in [-0.15, -0.1) is 0 Å². The van der Waals surface area contributed by atoms with Crippen LogP contribution >= 0.6 is 0 Å². The molecule has 6 nitrogen and oxygen atoms in total. The number of hydrogen-bond acceptors (Lipinski definition) is 3. The van der Waals surface area contributed by atoms with Crippen LogP contribution in [-0.2, 0) is 14.4 Å². The molecule has 3 N–H and O–H groups in total. The summed E-state index contributed by atoms with van der Waals surface area (Å²) in [6.45, 7) is 10.2. The minimum absolute atomic E-state index is 0.226. The topological polar surface area (TPSA) is 95.5 Å². The molecule has 0 rings (SSSR count). The van der Waals surface area contributed by atoms with Crippen molar-refractivity contribution in [3.05, 3.63) is 0 Å². The van der Waals surface area contributed by atoms with Crippen molar-refractivity contribution in [2.75, 3.05) is 6.54 Å². The van der Waals surface area contributed by atoms with Crippen molar-refractivity contribution in [1.82, 2.24) is 10.6 Å². The Labute approximate surface area is 113 Å². The molecule has 0 saturated carbocycles. The van der Waals surface area contributed by atoms with Crippen LogP contribution in [0, 0.1) is 11.3 Å². The van der Waals surface area contributed by atoms with E-state index in [1.165, 1.54) is 0 Å². The second kappa shape index (κ2) is 6.04. The van der Waals surface area contributed by atoms with E-state index >= 15 is 0 Å². The van der Waals surface area contributed by atoms with Crippen LogP contribution in [0.4, 0.5) is 0 Å². The number of nitrogens with one attached hydrogen (secondary N) is 2. The second-order valence-corrected chi connectivity index (χ2v) is 6.65. The summed E-state index contributed by atoms with van der Waals surface area (Å²) in [7, 11) is 0. The molecule has 0 fully saturated rings. The predicted molar refractivity (Wildman–Crippen MR) is 71.5 cm³/mol. The van der Waals surface area contributed by atoms with Gasteiger partial charge < -0.3 is 15.7 Å². The number of carboxylic acid groups (broad SMARTS) is 1. The van der Waals surface area contributed by atoms with E-state index in [1.807, 2.05) is 20.8 Å². The molecule has 6 heteroatoms. The molecule has 0 aliphatic heterocycles. The standard InChI is InChI=1S/C13H24N2O4/c1-12(2,3)9(11(18)19)10(17)14-7-8(16)15-13(4,5)6/h9H,7H2,1-6H3,(H,14,17)(H,15,16)(H,18,19). The number of hydrogen-bond donors (Lipinski definition) is 3. The van der Waals surface area contributed by atoms with Crippen LogP contribution in [0.3, 0.4) is 0 Å². The van der Waals surface area contributed by atoms with Crippen LogP contribution in [-0.4, -0.2) is 35.0 Å². The van der Waals surface area contributed by atoms with Gasteiger partial charge in [-0.1, -0.05) is 20.8 Å². The Hall–Kier alpha value is -1.59. The lowest BCUT2D eigenvalue weighted by atomic mass is 9.80. The zero-order valence-corrected chi connectivity index (χ0v) is 12.5. The molecule has 0 spiro atoms. The average Bonchev–Trinajstić information content (AvgIpc) is 2.08. The molecule has 19 heavy (non-hydrogen) atoms. The number of carbonyl (C=O) groups excluding carboxylic acids is 2. The van der Waals surface area contributed by atoms with Crippen LogP contribution in [0.2, 0.25) is 0 Å². The minimum atomic E-state index is -1.19. The number of amides is 2. The summed E-state index contributed by atoms with van der Waals surface area (Å²) in [4.78, 5) is 34.5. The summed E-state index contributed by atoms with van der Waals surface area (Å²) >= 11 is 0. The third-order valence-corrected chi connectivity index (χ3v) is 2.31. The highest BCUT2D eigenvalue weighted by Gasteiger charge is 2.37. The van der Waals surface area contributed by atoms with E-state index in [0.29, 0.717) is 0 Å². The lowest BCUT2D eigenvalue weighted by molar-refractivity contribution is -0.152. The van der Waals surface area contributed by atoms with Gasteiger partial charge in [0.25, 0.3) is 0 Å². The Morgan fingerprint density at radius 1 is 1.05 bits per heavy atom. The molecule has 1 atom stereocenters. The molecule has 0 aliphatic rings. The normalized spacial score (nSPS) is 13.6. The molecule has 0 radical (unpaired) electrons. The summed E-state index contributed by atoms with van der Waals surface area (Å²) in [5, 5.41) is 14.1. The van der Waals surface area contributed by atoms with Crippen molar-refractivity contribution in [3.8, 4) is 0 Å². The number of rotatable bonds is 4. The number of aliphatic carboxylic acids is 1. The van der Waals surface area contributed by atoms with Crippen LogP contribution < -0.4 is 10.6 Å². The molecule has 0 heterocycles. The van der Waals surface area contributed by atoms with Crippen molar-refractivity contribution < 1.29 is 19.5 Å². The summed E-state index contributed by atoms with van der Waals surface area (Å²) in [5.41, 5.74) is -1.10. The first-order valence-corrected chi connectivity index (χ1v) is 6.16. The van der Waals surface area contributed by atoms with Gasteiger partial charge in [-0.05, 0) is 26.2 Å². The van der Waals surface area contributed by atoms with Gasteiger partial charge in [-0.25, -0.2) is 0 Å². The highest BCUT2D eigenvalue weighted by Crippen LogP contribution is 2.26. The highest BCUT2D eigenvalue weighted by molar-refractivity contribution is 5.99. The summed E-state index contributed by atoms with van der Waals surface area (Å²) in [5.74, 6) is -3.38. The maximum Gasteiger partial charge on any atom is 0.316 e. The third kappa shape index (κ3) is 6.79. The van der Waals surface area contributed by atoms with Gasteiger partial charge in [-0.3, -0.25) is 14.4 Å². The quantitative estimate of drug-likeness (QED) is 0.658. The van der Waals surface area contributed by atoms with Gasteiger partial charge in [0, 0.05) is 5.54 Å². The van der Waals surface area contributed by atoms with Gasteiger partial charge in [0.2, 0.25) is 11.8 Å². The summed E-state index contributed by atoms with van der Waals surface area (Å²) < 4.78 is 0. The van der Waals surface area contributed by atoms with Gasteiger partial charge in [0.1, 0.15) is 5.92 Å². The zero-order chi connectivity index (χ0) is 15.4. The van der Waals surface area contributed by atoms with Gasteiger partial charge >= 0.3 is 5.97 Å². The highest BCUT2D eigenvalue weighted by atomic mass is 16.4. The van der Waals surface area contributed by atoms with Crippen LogP contribution in [0.1, 0.15) is 41.5 Å². The first-order valence-electron chi connectivity index (χ1n) is 6.16. The molecular formula is C13H24N2O4. The van der Waals surface area contributed by atoms with E-state index in [9.17, 15) is 14.4 Å². The largest absolute Gasteiger partial charge is 0.481 e. The van der Waals surface area contributed by atoms with E-state index in [2.05, 4.69) is 10.6 Å². The fourth-order valence-electron chi connectivity index (χ4n) is 1.61. The number of carbonyl (C=O) groups is 3. The monoisotopic (exact) mass is 272 g/mol. The summed E-state index contributed by atoms with van der Waals surface area (Å²) in [6.07, 6.45) is 0. The molecule has 0 aromatic carbocycles. The van der Waals surface area contributed by atoms with E-state index in [1.54, 1.807) is 20.8 Å². The lowest BCUT2D eigenvalue weighted by Crippen LogP contribution is -2.49. The van der Waals surface area contributed by atoms with Crippen molar-refractivity contribution >= 4 is 17.8 Å². The molecule has 1 unspecified atom stereocenters. The van der Waals surface area contributed by atoms with Crippen molar-refractivity contribution in [1.29, 1.82) is 0 Å². The molecule has 0 bridgehead atoms. The van der Waals surface area contributed by atoms with E-state index in [-0.39, 0.29) is 12.5 Å². The van der Waals surface area contributed by atoms with Crippen molar-refractivity contribution in [2.24, 2.45) is 11.3 Å². The van der Waals surface area contributed by atoms with Crippen LogP contribution in [0.5, 0.6) is 0 Å². The SMILES string of the molecule is CC(C)(C)NC(=O)CNC(=O)C(C(=O)O)C(C)(C)C. The average molecular weight is 272 g/mol. The maximum absolute atomic E-state index is 11.8. The summed E-state index contributed by atoms with van der Waals surface area (Å²) in [6, 6.07) is 0. The zero-order valence-electron chi connectivity index (χ0n) is 12.5. The van der Waals surface area contributed by atoms with Gasteiger partial charge in [0.05, 0.1) is 6.54 Å². The molecule has 0 saturated heterocycles.